The minimum Gasteiger partial charge on any atom is -0.378 e. The number of nitrogens with one attached hydrogen (secondary N) is 2. The number of ether oxygens (including phenoxy) is 1. The van der Waals surface area contributed by atoms with E-state index in [9.17, 15) is 4.79 Å². The van der Waals surface area contributed by atoms with Crippen LogP contribution >= 0.6 is 0 Å². The number of carbonyl (C=O) groups excluding carboxylic acids is 1. The Kier molecular flexibility index (Phi) is 6.98. The second-order valence-corrected chi connectivity index (χ2v) is 9.81. The second-order valence-electron chi connectivity index (χ2n) is 9.81. The molecule has 1 amide bonds. The van der Waals surface area contributed by atoms with Gasteiger partial charge in [-0.1, -0.05) is 25.5 Å². The molecule has 1 saturated heterocycles. The molecule has 0 bridgehead atoms. The van der Waals surface area contributed by atoms with Crippen LogP contribution in [0.4, 0.5) is 5.82 Å². The molecule has 1 saturated carbocycles. The zero-order valence-electron chi connectivity index (χ0n) is 19.7. The molecule has 2 fully saturated rings. The van der Waals surface area contributed by atoms with Crippen LogP contribution in [0.2, 0.25) is 0 Å². The van der Waals surface area contributed by atoms with Gasteiger partial charge in [-0.3, -0.25) is 4.79 Å². The smallest absolute Gasteiger partial charge is 0.256 e. The van der Waals surface area contributed by atoms with Gasteiger partial charge in [-0.15, -0.1) is 0 Å². The third kappa shape index (κ3) is 5.22. The highest BCUT2D eigenvalue weighted by Crippen LogP contribution is 2.32. The number of nitrogens with zero attached hydrogens (tertiary/aromatic N) is 2. The minimum atomic E-state index is -0.304. The molecular weight excluding hydrogens is 402 g/mol. The summed E-state index contributed by atoms with van der Waals surface area (Å²) in [6.45, 7) is 8.93. The number of methoxy groups -OCH3 is 1. The molecule has 174 valence electrons. The van der Waals surface area contributed by atoms with Crippen molar-refractivity contribution in [3.05, 3.63) is 35.4 Å². The van der Waals surface area contributed by atoms with Crippen molar-refractivity contribution in [3.8, 4) is 0 Å². The summed E-state index contributed by atoms with van der Waals surface area (Å²) >= 11 is 0. The van der Waals surface area contributed by atoms with Gasteiger partial charge in [0.2, 0.25) is 0 Å². The molecule has 2 heterocycles. The van der Waals surface area contributed by atoms with Crippen molar-refractivity contribution in [2.45, 2.75) is 58.3 Å². The fourth-order valence-electron chi connectivity index (χ4n) is 4.46. The molecule has 1 aromatic heterocycles. The maximum Gasteiger partial charge on any atom is 0.256 e. The number of aromatic nitrogens is 1. The molecule has 7 heteroatoms. The van der Waals surface area contributed by atoms with Gasteiger partial charge < -0.3 is 26.0 Å². The number of benzene rings is 1. The Morgan fingerprint density at radius 3 is 2.75 bits per heavy atom. The highest BCUT2D eigenvalue weighted by molar-refractivity contribution is 6.02. The summed E-state index contributed by atoms with van der Waals surface area (Å²) in [5.41, 5.74) is 8.83. The SMILES string of the molecule is COC1CN(c2nc3ccc(C)cc3cc2C(=O)NC(N)C2CC2)CCC1NCC(C)C. The molecule has 1 aliphatic carbocycles. The lowest BCUT2D eigenvalue weighted by Gasteiger charge is -2.39. The predicted molar refractivity (Wildman–Crippen MR) is 129 cm³/mol. The van der Waals surface area contributed by atoms with Gasteiger partial charge >= 0.3 is 0 Å². The third-order valence-electron chi connectivity index (χ3n) is 6.57. The average Bonchev–Trinajstić information content (AvgIpc) is 3.62. The molecule has 0 radical (unpaired) electrons. The summed E-state index contributed by atoms with van der Waals surface area (Å²) in [5, 5.41) is 7.63. The van der Waals surface area contributed by atoms with Crippen LogP contribution in [0.25, 0.3) is 10.9 Å². The molecule has 0 spiro atoms. The van der Waals surface area contributed by atoms with Gasteiger partial charge in [0.15, 0.2) is 0 Å². The molecule has 3 atom stereocenters. The van der Waals surface area contributed by atoms with Gasteiger partial charge in [-0.2, -0.15) is 0 Å². The molecule has 4 N–H and O–H groups in total. The summed E-state index contributed by atoms with van der Waals surface area (Å²) < 4.78 is 5.84. The van der Waals surface area contributed by atoms with E-state index in [-0.39, 0.29) is 18.2 Å². The van der Waals surface area contributed by atoms with E-state index in [2.05, 4.69) is 41.5 Å². The number of fused-ring (bicyclic) bond motifs is 1. The summed E-state index contributed by atoms with van der Waals surface area (Å²) in [5.74, 6) is 1.54. The largest absolute Gasteiger partial charge is 0.378 e. The summed E-state index contributed by atoms with van der Waals surface area (Å²) in [6, 6.07) is 8.41. The topological polar surface area (TPSA) is 92.5 Å². The van der Waals surface area contributed by atoms with Crippen LogP contribution in [-0.4, -0.2) is 55.9 Å². The van der Waals surface area contributed by atoms with Crippen LogP contribution in [0, 0.1) is 18.8 Å². The van der Waals surface area contributed by atoms with Crippen LogP contribution in [0.5, 0.6) is 0 Å². The highest BCUT2D eigenvalue weighted by Gasteiger charge is 2.33. The standard InChI is InChI=1S/C25H37N5O2/c1-15(2)13-27-21-9-10-30(14-22(21)32-4)24-19(25(31)29-23(26)17-6-7-17)12-18-11-16(3)5-8-20(18)28-24/h5,8,11-12,15,17,21-23,27H,6-7,9-10,13-14,26H2,1-4H3,(H,29,31). The zero-order chi connectivity index (χ0) is 22.8. The maximum absolute atomic E-state index is 13.3. The van der Waals surface area contributed by atoms with Gasteiger partial charge in [0.1, 0.15) is 5.82 Å². The molecule has 2 aliphatic rings. The van der Waals surface area contributed by atoms with E-state index >= 15 is 0 Å². The van der Waals surface area contributed by atoms with E-state index in [1.807, 2.05) is 19.1 Å². The van der Waals surface area contributed by atoms with Crippen molar-refractivity contribution < 1.29 is 9.53 Å². The lowest BCUT2D eigenvalue weighted by atomic mass is 9.99. The van der Waals surface area contributed by atoms with Crippen molar-refractivity contribution in [3.63, 3.8) is 0 Å². The average molecular weight is 440 g/mol. The Hall–Kier alpha value is -2.22. The fraction of sp³-hybridized carbons (Fsp3) is 0.600. The van der Waals surface area contributed by atoms with E-state index in [1.54, 1.807) is 7.11 Å². The van der Waals surface area contributed by atoms with Crippen LogP contribution in [0.15, 0.2) is 24.3 Å². The van der Waals surface area contributed by atoms with Gasteiger partial charge in [0.05, 0.1) is 23.3 Å². The number of pyridine rings is 1. The van der Waals surface area contributed by atoms with Crippen molar-refractivity contribution >= 4 is 22.6 Å². The first-order valence-electron chi connectivity index (χ1n) is 11.8. The normalized spacial score (nSPS) is 22.4. The monoisotopic (exact) mass is 439 g/mol. The lowest BCUT2D eigenvalue weighted by Crippen LogP contribution is -2.54. The zero-order valence-corrected chi connectivity index (χ0v) is 19.7. The first kappa shape index (κ1) is 23.0. The van der Waals surface area contributed by atoms with Crippen LogP contribution in [0.1, 0.15) is 49.0 Å². The Labute approximate surface area is 191 Å². The molecule has 2 aromatic rings. The van der Waals surface area contributed by atoms with Gasteiger partial charge in [0.25, 0.3) is 5.91 Å². The Balaban J connectivity index is 1.62. The Morgan fingerprint density at radius 2 is 2.06 bits per heavy atom. The van der Waals surface area contributed by atoms with Crippen LogP contribution < -0.4 is 21.3 Å². The summed E-state index contributed by atoms with van der Waals surface area (Å²) in [6.07, 6.45) is 2.82. The number of rotatable bonds is 8. The lowest BCUT2D eigenvalue weighted by molar-refractivity contribution is 0.0588. The highest BCUT2D eigenvalue weighted by atomic mass is 16.5. The van der Waals surface area contributed by atoms with Crippen LogP contribution in [-0.2, 0) is 4.74 Å². The number of anilines is 1. The molecule has 32 heavy (non-hydrogen) atoms. The Bertz CT molecular complexity index is 959. The third-order valence-corrected chi connectivity index (χ3v) is 6.57. The van der Waals surface area contributed by atoms with Crippen molar-refractivity contribution in [1.82, 2.24) is 15.6 Å². The molecule has 4 rings (SSSR count). The fourth-order valence-corrected chi connectivity index (χ4v) is 4.46. The number of aryl methyl sites for hydroxylation is 1. The molecule has 3 unspecified atom stereocenters. The van der Waals surface area contributed by atoms with Crippen molar-refractivity contribution in [1.29, 1.82) is 0 Å². The van der Waals surface area contributed by atoms with E-state index in [0.717, 1.165) is 48.8 Å². The Morgan fingerprint density at radius 1 is 1.28 bits per heavy atom. The molecule has 1 aromatic carbocycles. The number of hydrogen-bond donors (Lipinski definition) is 3. The first-order valence-corrected chi connectivity index (χ1v) is 11.8. The number of amides is 1. The second kappa shape index (κ2) is 9.73. The number of nitrogens with two attached hydrogens (primary N) is 1. The van der Waals surface area contributed by atoms with Gasteiger partial charge in [-0.25, -0.2) is 4.98 Å². The number of carbonyl (C=O) groups is 1. The van der Waals surface area contributed by atoms with E-state index < -0.39 is 0 Å². The molecule has 1 aliphatic heterocycles. The number of piperidine rings is 1. The van der Waals surface area contributed by atoms with Gasteiger partial charge in [0, 0.05) is 31.6 Å². The molecule has 7 nitrogen and oxygen atoms in total. The first-order chi connectivity index (χ1) is 15.4. The quantitative estimate of drug-likeness (QED) is 0.548. The van der Waals surface area contributed by atoms with Crippen molar-refractivity contribution in [2.75, 3.05) is 31.6 Å². The summed E-state index contributed by atoms with van der Waals surface area (Å²) in [4.78, 5) is 20.4. The summed E-state index contributed by atoms with van der Waals surface area (Å²) in [7, 11) is 1.76. The van der Waals surface area contributed by atoms with Gasteiger partial charge in [-0.05, 0) is 62.8 Å². The van der Waals surface area contributed by atoms with Crippen LogP contribution in [0.3, 0.4) is 0 Å². The van der Waals surface area contributed by atoms with Crippen molar-refractivity contribution in [2.24, 2.45) is 17.6 Å². The minimum absolute atomic E-state index is 0.0302. The molecular formula is C25H37N5O2. The predicted octanol–water partition coefficient (Wildman–Crippen LogP) is 2.81. The number of hydrogen-bond acceptors (Lipinski definition) is 6. The van der Waals surface area contributed by atoms with E-state index in [1.165, 1.54) is 0 Å². The van der Waals surface area contributed by atoms with E-state index in [4.69, 9.17) is 15.5 Å². The maximum atomic E-state index is 13.3. The van der Waals surface area contributed by atoms with E-state index in [0.29, 0.717) is 35.8 Å².